The van der Waals surface area contributed by atoms with Crippen molar-refractivity contribution < 1.29 is 22.6 Å². The first-order valence-electron chi connectivity index (χ1n) is 10.6. The fourth-order valence-corrected chi connectivity index (χ4v) is 4.02. The monoisotopic (exact) mass is 457 g/mol. The summed E-state index contributed by atoms with van der Waals surface area (Å²) in [7, 11) is 1.64. The molecular formula is C25H26F3N3O2. The molecule has 1 fully saturated rings. The van der Waals surface area contributed by atoms with Crippen molar-refractivity contribution in [3.8, 4) is 22.8 Å². The van der Waals surface area contributed by atoms with E-state index in [4.69, 9.17) is 4.74 Å². The van der Waals surface area contributed by atoms with Crippen LogP contribution in [0.3, 0.4) is 0 Å². The number of hydrogen-bond acceptors (Lipinski definition) is 5. The van der Waals surface area contributed by atoms with Crippen LogP contribution in [0, 0.1) is 0 Å². The molecule has 0 spiro atoms. The lowest BCUT2D eigenvalue weighted by Gasteiger charge is -2.29. The number of pyridine rings is 1. The lowest BCUT2D eigenvalue weighted by molar-refractivity contribution is -0.274. The molecule has 1 aliphatic heterocycles. The molecule has 0 radical (unpaired) electrons. The number of alkyl halides is 3. The summed E-state index contributed by atoms with van der Waals surface area (Å²) < 4.78 is 46.5. The van der Waals surface area contributed by atoms with Crippen LogP contribution in [0.25, 0.3) is 11.3 Å². The minimum absolute atomic E-state index is 0.120. The molecule has 3 aromatic rings. The van der Waals surface area contributed by atoms with Crippen molar-refractivity contribution in [2.24, 2.45) is 0 Å². The highest BCUT2D eigenvalue weighted by atomic mass is 19.4. The first-order chi connectivity index (χ1) is 15.6. The van der Waals surface area contributed by atoms with Gasteiger partial charge in [-0.15, -0.1) is 13.2 Å². The first-order valence-corrected chi connectivity index (χ1v) is 10.6. The zero-order valence-electron chi connectivity index (χ0n) is 18.8. The summed E-state index contributed by atoms with van der Waals surface area (Å²) in [5.41, 5.74) is 3.78. The molecule has 1 aromatic heterocycles. The summed E-state index contributed by atoms with van der Waals surface area (Å²) >= 11 is 0. The zero-order valence-corrected chi connectivity index (χ0v) is 18.8. The Labute approximate surface area is 191 Å². The van der Waals surface area contributed by atoms with Crippen LogP contribution in [0.15, 0.2) is 66.9 Å². The third-order valence-electron chi connectivity index (χ3n) is 5.79. The molecule has 1 saturated heterocycles. The van der Waals surface area contributed by atoms with E-state index in [1.54, 1.807) is 19.2 Å². The van der Waals surface area contributed by atoms with Gasteiger partial charge in [-0.1, -0.05) is 0 Å². The smallest absolute Gasteiger partial charge is 0.497 e. The second-order valence-corrected chi connectivity index (χ2v) is 8.67. The van der Waals surface area contributed by atoms with Crippen molar-refractivity contribution in [3.63, 3.8) is 0 Å². The van der Waals surface area contributed by atoms with Gasteiger partial charge in [0.05, 0.1) is 19.5 Å². The Hall–Kier alpha value is -3.26. The van der Waals surface area contributed by atoms with Crippen molar-refractivity contribution in [1.82, 2.24) is 9.88 Å². The second kappa shape index (κ2) is 8.94. The second-order valence-electron chi connectivity index (χ2n) is 8.67. The van der Waals surface area contributed by atoms with Crippen molar-refractivity contribution in [1.29, 1.82) is 0 Å². The van der Waals surface area contributed by atoms with E-state index >= 15 is 0 Å². The van der Waals surface area contributed by atoms with Crippen LogP contribution in [-0.2, 0) is 6.54 Å². The Bertz CT molecular complexity index is 1080. The van der Waals surface area contributed by atoms with Gasteiger partial charge >= 0.3 is 6.36 Å². The van der Waals surface area contributed by atoms with Gasteiger partial charge in [-0.3, -0.25) is 9.88 Å². The van der Waals surface area contributed by atoms with E-state index in [0.29, 0.717) is 6.67 Å². The minimum atomic E-state index is -4.69. The maximum Gasteiger partial charge on any atom is 0.573 e. The molecular weight excluding hydrogens is 431 g/mol. The maximum absolute atomic E-state index is 12.4. The number of halogens is 3. The van der Waals surface area contributed by atoms with Gasteiger partial charge in [-0.05, 0) is 80.1 Å². The average Bonchev–Trinajstić information content (AvgIpc) is 3.07. The summed E-state index contributed by atoms with van der Waals surface area (Å²) in [4.78, 5) is 9.01. The summed E-state index contributed by atoms with van der Waals surface area (Å²) in [6, 6.07) is 17.9. The summed E-state index contributed by atoms with van der Waals surface area (Å²) in [6.07, 6.45) is -2.88. The first kappa shape index (κ1) is 22.9. The van der Waals surface area contributed by atoms with Crippen LogP contribution < -0.4 is 14.4 Å². The number of ether oxygens (including phenoxy) is 2. The molecule has 174 valence electrons. The van der Waals surface area contributed by atoms with E-state index in [0.717, 1.165) is 41.3 Å². The predicted octanol–water partition coefficient (Wildman–Crippen LogP) is 5.71. The summed E-state index contributed by atoms with van der Waals surface area (Å²) in [6.45, 7) is 6.47. The quantitative estimate of drug-likeness (QED) is 0.474. The Kier molecular flexibility index (Phi) is 6.21. The predicted molar refractivity (Wildman–Crippen MR) is 121 cm³/mol. The number of nitrogens with zero attached hydrogens (tertiary/aromatic N) is 3. The largest absolute Gasteiger partial charge is 0.573 e. The average molecular weight is 457 g/mol. The molecule has 2 aromatic carbocycles. The van der Waals surface area contributed by atoms with E-state index in [-0.39, 0.29) is 11.3 Å². The van der Waals surface area contributed by atoms with E-state index in [2.05, 4.69) is 39.4 Å². The third-order valence-corrected chi connectivity index (χ3v) is 5.79. The van der Waals surface area contributed by atoms with Gasteiger partial charge in [-0.25, -0.2) is 0 Å². The van der Waals surface area contributed by atoms with Gasteiger partial charge in [0.25, 0.3) is 0 Å². The van der Waals surface area contributed by atoms with Crippen molar-refractivity contribution in [3.05, 3.63) is 72.4 Å². The molecule has 33 heavy (non-hydrogen) atoms. The van der Waals surface area contributed by atoms with Gasteiger partial charge in [0.2, 0.25) is 0 Å². The van der Waals surface area contributed by atoms with E-state index in [9.17, 15) is 13.2 Å². The Morgan fingerprint density at radius 2 is 1.64 bits per heavy atom. The fraction of sp³-hybridized carbons (Fsp3) is 0.320. The highest BCUT2D eigenvalue weighted by Crippen LogP contribution is 2.32. The van der Waals surface area contributed by atoms with Crippen molar-refractivity contribution in [2.75, 3.05) is 25.2 Å². The van der Waals surface area contributed by atoms with Crippen LogP contribution in [-0.4, -0.2) is 42.1 Å². The van der Waals surface area contributed by atoms with Gasteiger partial charge in [0, 0.05) is 36.1 Å². The SMILES string of the molecule is COc1ccc(-c2cc(CN3CN(c4ccc(OC(F)(F)F)cc4)CC3(C)C)ccn2)cc1. The number of aromatic nitrogens is 1. The topological polar surface area (TPSA) is 37.8 Å². The van der Waals surface area contributed by atoms with Crippen LogP contribution >= 0.6 is 0 Å². The Morgan fingerprint density at radius 3 is 2.27 bits per heavy atom. The number of rotatable bonds is 6. The van der Waals surface area contributed by atoms with Crippen LogP contribution in [0.4, 0.5) is 18.9 Å². The molecule has 0 amide bonds. The molecule has 0 N–H and O–H groups in total. The molecule has 2 heterocycles. The Balaban J connectivity index is 1.46. The van der Waals surface area contributed by atoms with Gasteiger partial charge in [0.15, 0.2) is 0 Å². The van der Waals surface area contributed by atoms with Crippen molar-refractivity contribution >= 4 is 5.69 Å². The van der Waals surface area contributed by atoms with Crippen LogP contribution in [0.5, 0.6) is 11.5 Å². The summed E-state index contributed by atoms with van der Waals surface area (Å²) in [5, 5.41) is 0. The minimum Gasteiger partial charge on any atom is -0.497 e. The summed E-state index contributed by atoms with van der Waals surface area (Å²) in [5.74, 6) is 0.580. The lowest BCUT2D eigenvalue weighted by Crippen LogP contribution is -2.39. The van der Waals surface area contributed by atoms with Crippen LogP contribution in [0.1, 0.15) is 19.4 Å². The van der Waals surface area contributed by atoms with E-state index in [1.165, 1.54) is 12.1 Å². The standard InChI is InChI=1S/C25H26F3N3O2/c1-24(2)16-30(20-6-10-22(11-7-20)33-25(26,27)28)17-31(24)15-18-12-13-29-23(14-18)19-4-8-21(32-3)9-5-19/h4-14H,15-17H2,1-3H3. The molecule has 0 aliphatic carbocycles. The van der Waals surface area contributed by atoms with E-state index in [1.807, 2.05) is 36.5 Å². The Morgan fingerprint density at radius 1 is 0.970 bits per heavy atom. The van der Waals surface area contributed by atoms with Crippen LogP contribution in [0.2, 0.25) is 0 Å². The molecule has 0 bridgehead atoms. The molecule has 0 atom stereocenters. The molecule has 8 heteroatoms. The number of benzene rings is 2. The normalized spacial score (nSPS) is 16.1. The number of anilines is 1. The van der Waals surface area contributed by atoms with E-state index < -0.39 is 6.36 Å². The lowest BCUT2D eigenvalue weighted by atomic mass is 10.0. The number of hydrogen-bond donors (Lipinski definition) is 0. The van der Waals surface area contributed by atoms with Gasteiger partial charge in [-0.2, -0.15) is 0 Å². The van der Waals surface area contributed by atoms with Crippen molar-refractivity contribution in [2.45, 2.75) is 32.3 Å². The maximum atomic E-state index is 12.4. The van der Waals surface area contributed by atoms with Gasteiger partial charge in [0.1, 0.15) is 11.5 Å². The zero-order chi connectivity index (χ0) is 23.6. The number of methoxy groups -OCH3 is 1. The van der Waals surface area contributed by atoms with Gasteiger partial charge < -0.3 is 14.4 Å². The fourth-order valence-electron chi connectivity index (χ4n) is 4.02. The molecule has 1 aliphatic rings. The molecule has 0 saturated carbocycles. The third kappa shape index (κ3) is 5.57. The molecule has 0 unspecified atom stereocenters. The molecule has 5 nitrogen and oxygen atoms in total. The highest BCUT2D eigenvalue weighted by Gasteiger charge is 2.37. The highest BCUT2D eigenvalue weighted by molar-refractivity contribution is 5.60. The molecule has 4 rings (SSSR count).